The van der Waals surface area contributed by atoms with Gasteiger partial charge in [-0.05, 0) is 14.0 Å². The lowest BCUT2D eigenvalue weighted by molar-refractivity contribution is 0.171. The van der Waals surface area contributed by atoms with Gasteiger partial charge in [-0.15, -0.1) is 12.4 Å². The molecule has 1 aromatic rings. The van der Waals surface area contributed by atoms with Gasteiger partial charge in [-0.25, -0.2) is 0 Å². The van der Waals surface area contributed by atoms with Crippen molar-refractivity contribution >= 4 is 12.4 Å². The van der Waals surface area contributed by atoms with Crippen LogP contribution in [0.2, 0.25) is 0 Å². The van der Waals surface area contributed by atoms with Crippen LogP contribution in [0.1, 0.15) is 11.4 Å². The molecule has 1 saturated heterocycles. The molecule has 0 aromatic carbocycles. The fourth-order valence-corrected chi connectivity index (χ4v) is 1.87. The van der Waals surface area contributed by atoms with E-state index in [1.165, 1.54) is 0 Å². The second kappa shape index (κ2) is 6.19. The molecule has 17 heavy (non-hydrogen) atoms. The molecule has 0 amide bonds. The number of ether oxygens (including phenoxy) is 1. The van der Waals surface area contributed by atoms with Crippen LogP contribution in [0.3, 0.4) is 0 Å². The number of aryl methyl sites for hydroxylation is 1. The summed E-state index contributed by atoms with van der Waals surface area (Å²) >= 11 is 0. The van der Waals surface area contributed by atoms with Crippen molar-refractivity contribution in [3.05, 3.63) is 23.5 Å². The largest absolute Gasteiger partial charge is 0.497 e. The molecule has 0 atom stereocenters. The lowest BCUT2D eigenvalue weighted by atomic mass is 10.1. The van der Waals surface area contributed by atoms with E-state index in [1.54, 1.807) is 7.11 Å². The predicted octanol–water partition coefficient (Wildman–Crippen LogP) is 1.22. The Labute approximate surface area is 109 Å². The first kappa shape index (κ1) is 14.2. The average molecular weight is 258 g/mol. The van der Waals surface area contributed by atoms with E-state index in [0.717, 1.165) is 36.8 Å². The highest BCUT2D eigenvalue weighted by Gasteiger charge is 2.21. The highest BCUT2D eigenvalue weighted by molar-refractivity contribution is 5.85. The first-order valence-electron chi connectivity index (χ1n) is 5.61. The zero-order valence-corrected chi connectivity index (χ0v) is 11.4. The first-order valence-corrected chi connectivity index (χ1v) is 5.61. The third-order valence-corrected chi connectivity index (χ3v) is 3.01. The minimum atomic E-state index is 0. The molecule has 0 unspecified atom stereocenters. The summed E-state index contributed by atoms with van der Waals surface area (Å²) in [5.41, 5.74) is 2.08. The zero-order chi connectivity index (χ0) is 11.5. The van der Waals surface area contributed by atoms with Gasteiger partial charge in [0.1, 0.15) is 5.75 Å². The van der Waals surface area contributed by atoms with Crippen molar-refractivity contribution in [2.45, 2.75) is 19.5 Å². The number of aromatic nitrogens is 1. The van der Waals surface area contributed by atoms with Crippen LogP contribution in [0.5, 0.6) is 5.75 Å². The number of methoxy groups -OCH3 is 1. The molecular weight excluding hydrogens is 238 g/mol. The number of nitrogens with zero attached hydrogens (tertiary/aromatic N) is 2. The summed E-state index contributed by atoms with van der Waals surface area (Å²) in [6.45, 7) is 5.04. The van der Waals surface area contributed by atoms with Crippen molar-refractivity contribution < 1.29 is 4.74 Å². The number of likely N-dealkylation sites (N-methyl/N-ethyl adjacent to an activating group) is 1. The van der Waals surface area contributed by atoms with Gasteiger partial charge in [0, 0.05) is 43.5 Å². The van der Waals surface area contributed by atoms with Gasteiger partial charge in [-0.3, -0.25) is 9.88 Å². The molecule has 2 heterocycles. The molecular formula is C12H20ClN3O. The van der Waals surface area contributed by atoms with Crippen molar-refractivity contribution in [2.75, 3.05) is 27.2 Å². The van der Waals surface area contributed by atoms with E-state index in [9.17, 15) is 0 Å². The number of pyridine rings is 1. The van der Waals surface area contributed by atoms with Crippen molar-refractivity contribution in [1.82, 2.24) is 15.2 Å². The Hall–Kier alpha value is -0.840. The summed E-state index contributed by atoms with van der Waals surface area (Å²) in [6.07, 6.45) is 0. The molecule has 1 aromatic heterocycles. The standard InChI is InChI=1S/C12H19N3O.ClH/c1-9-4-12(16-3)5-10(14-9)8-15(2)11-6-13-7-11;/h4-5,11,13H,6-8H2,1-3H3;1H. The fraction of sp³-hybridized carbons (Fsp3) is 0.583. The number of hydrogen-bond acceptors (Lipinski definition) is 4. The van der Waals surface area contributed by atoms with E-state index in [2.05, 4.69) is 22.2 Å². The molecule has 2 rings (SSSR count). The molecule has 4 nitrogen and oxygen atoms in total. The van der Waals surface area contributed by atoms with Crippen LogP contribution < -0.4 is 10.1 Å². The Morgan fingerprint density at radius 3 is 2.71 bits per heavy atom. The summed E-state index contributed by atoms with van der Waals surface area (Å²) < 4.78 is 5.25. The predicted molar refractivity (Wildman–Crippen MR) is 70.9 cm³/mol. The van der Waals surface area contributed by atoms with E-state index in [0.29, 0.717) is 6.04 Å². The quantitative estimate of drug-likeness (QED) is 0.880. The molecule has 96 valence electrons. The van der Waals surface area contributed by atoms with Crippen molar-refractivity contribution in [2.24, 2.45) is 0 Å². The Kier molecular flexibility index (Phi) is 5.18. The summed E-state index contributed by atoms with van der Waals surface area (Å²) in [7, 11) is 3.83. The number of rotatable bonds is 4. The minimum Gasteiger partial charge on any atom is -0.497 e. The van der Waals surface area contributed by atoms with Gasteiger partial charge >= 0.3 is 0 Å². The van der Waals surface area contributed by atoms with Crippen LogP contribution in [-0.2, 0) is 6.54 Å². The normalized spacial score (nSPS) is 15.3. The summed E-state index contributed by atoms with van der Waals surface area (Å²) in [4.78, 5) is 6.85. The Balaban J connectivity index is 0.00000144. The maximum atomic E-state index is 5.25. The molecule has 0 saturated carbocycles. The number of nitrogens with one attached hydrogen (secondary N) is 1. The SMILES string of the molecule is COc1cc(C)nc(CN(C)C2CNC2)c1.Cl. The maximum Gasteiger partial charge on any atom is 0.122 e. The van der Waals surface area contributed by atoms with Gasteiger partial charge in [0.05, 0.1) is 12.8 Å². The van der Waals surface area contributed by atoms with Crippen molar-refractivity contribution in [3.63, 3.8) is 0 Å². The first-order chi connectivity index (χ1) is 7.69. The Morgan fingerprint density at radius 1 is 1.47 bits per heavy atom. The highest BCUT2D eigenvalue weighted by Crippen LogP contribution is 2.15. The van der Waals surface area contributed by atoms with Gasteiger partial charge in [0.2, 0.25) is 0 Å². The van der Waals surface area contributed by atoms with Gasteiger partial charge in [-0.1, -0.05) is 0 Å². The van der Waals surface area contributed by atoms with E-state index in [4.69, 9.17) is 4.74 Å². The third kappa shape index (κ3) is 3.56. The third-order valence-electron chi connectivity index (χ3n) is 3.01. The smallest absolute Gasteiger partial charge is 0.122 e. The second-order valence-corrected chi connectivity index (χ2v) is 4.37. The van der Waals surface area contributed by atoms with Crippen molar-refractivity contribution in [1.29, 1.82) is 0 Å². The molecule has 0 radical (unpaired) electrons. The van der Waals surface area contributed by atoms with Crippen molar-refractivity contribution in [3.8, 4) is 5.75 Å². The van der Waals surface area contributed by atoms with Gasteiger partial charge in [0.15, 0.2) is 0 Å². The topological polar surface area (TPSA) is 37.4 Å². The van der Waals surface area contributed by atoms with Gasteiger partial charge < -0.3 is 10.1 Å². The van der Waals surface area contributed by atoms with E-state index in [-0.39, 0.29) is 12.4 Å². The molecule has 0 spiro atoms. The molecule has 1 aliphatic heterocycles. The zero-order valence-electron chi connectivity index (χ0n) is 10.6. The number of halogens is 1. The molecule has 0 bridgehead atoms. The lowest BCUT2D eigenvalue weighted by Gasteiger charge is -2.35. The van der Waals surface area contributed by atoms with Gasteiger partial charge in [-0.2, -0.15) is 0 Å². The van der Waals surface area contributed by atoms with Crippen LogP contribution in [0.25, 0.3) is 0 Å². The van der Waals surface area contributed by atoms with Gasteiger partial charge in [0.25, 0.3) is 0 Å². The summed E-state index contributed by atoms with van der Waals surface area (Å²) in [6, 6.07) is 4.61. The lowest BCUT2D eigenvalue weighted by Crippen LogP contribution is -2.55. The van der Waals surface area contributed by atoms with E-state index in [1.807, 2.05) is 19.1 Å². The molecule has 1 N–H and O–H groups in total. The van der Waals surface area contributed by atoms with E-state index >= 15 is 0 Å². The molecule has 1 fully saturated rings. The maximum absolute atomic E-state index is 5.25. The van der Waals surface area contributed by atoms with Crippen LogP contribution in [-0.4, -0.2) is 43.2 Å². The van der Waals surface area contributed by atoms with Crippen LogP contribution in [0.15, 0.2) is 12.1 Å². The molecule has 5 heteroatoms. The minimum absolute atomic E-state index is 0. The number of hydrogen-bond donors (Lipinski definition) is 1. The molecule has 1 aliphatic rings. The van der Waals surface area contributed by atoms with E-state index < -0.39 is 0 Å². The second-order valence-electron chi connectivity index (χ2n) is 4.37. The summed E-state index contributed by atoms with van der Waals surface area (Å²) in [5.74, 6) is 0.891. The highest BCUT2D eigenvalue weighted by atomic mass is 35.5. The Morgan fingerprint density at radius 2 is 2.18 bits per heavy atom. The Bertz CT molecular complexity index is 369. The van der Waals surface area contributed by atoms with Crippen LogP contribution in [0, 0.1) is 6.92 Å². The monoisotopic (exact) mass is 257 g/mol. The van der Waals surface area contributed by atoms with Crippen LogP contribution in [0.4, 0.5) is 0 Å². The van der Waals surface area contributed by atoms with Crippen LogP contribution >= 0.6 is 12.4 Å². The average Bonchev–Trinajstić information content (AvgIpc) is 2.13. The fourth-order valence-electron chi connectivity index (χ4n) is 1.87. The summed E-state index contributed by atoms with van der Waals surface area (Å²) in [5, 5.41) is 3.28. The molecule has 0 aliphatic carbocycles.